The van der Waals surface area contributed by atoms with Gasteiger partial charge in [0.05, 0.1) is 30.7 Å². The number of benzene rings is 2. The Morgan fingerprint density at radius 1 is 1.16 bits per heavy atom. The summed E-state index contributed by atoms with van der Waals surface area (Å²) < 4.78 is 5.28. The first-order valence-corrected chi connectivity index (χ1v) is 11.4. The predicted molar refractivity (Wildman–Crippen MR) is 124 cm³/mol. The molecule has 0 spiro atoms. The number of methoxy groups -OCH3 is 1. The third-order valence-corrected chi connectivity index (χ3v) is 6.33. The number of anilines is 1. The van der Waals surface area contributed by atoms with Gasteiger partial charge in [0.1, 0.15) is 5.75 Å². The molecular formula is C25H32N4O3. The summed E-state index contributed by atoms with van der Waals surface area (Å²) in [7, 11) is 1.65. The van der Waals surface area contributed by atoms with E-state index in [-0.39, 0.29) is 29.7 Å². The molecule has 2 aromatic rings. The number of hydrogen-bond acceptors (Lipinski definition) is 5. The Labute approximate surface area is 189 Å². The van der Waals surface area contributed by atoms with Crippen LogP contribution in [-0.2, 0) is 16.0 Å². The maximum atomic E-state index is 13.2. The maximum Gasteiger partial charge on any atom is 0.247 e. The molecular weight excluding hydrogens is 404 g/mol. The number of para-hydroxylation sites is 1. The fourth-order valence-corrected chi connectivity index (χ4v) is 4.74. The zero-order valence-electron chi connectivity index (χ0n) is 18.8. The van der Waals surface area contributed by atoms with E-state index in [2.05, 4.69) is 22.6 Å². The van der Waals surface area contributed by atoms with E-state index in [0.29, 0.717) is 19.6 Å². The Balaban J connectivity index is 1.44. The van der Waals surface area contributed by atoms with Crippen molar-refractivity contribution in [3.05, 3.63) is 60.2 Å². The van der Waals surface area contributed by atoms with Crippen LogP contribution in [0.15, 0.2) is 54.6 Å². The van der Waals surface area contributed by atoms with Crippen LogP contribution in [0.4, 0.5) is 5.69 Å². The summed E-state index contributed by atoms with van der Waals surface area (Å²) in [5.74, 6) is 0.330. The SMILES string of the molecule is CCCN1CC(C(=O)NCCc2cccc(OC)c2)C2NN(c3ccccc3)C(=O)C2C1. The highest BCUT2D eigenvalue weighted by molar-refractivity contribution is 5.98. The molecule has 7 nitrogen and oxygen atoms in total. The van der Waals surface area contributed by atoms with Crippen molar-refractivity contribution in [1.82, 2.24) is 15.6 Å². The maximum absolute atomic E-state index is 13.2. The van der Waals surface area contributed by atoms with Gasteiger partial charge in [-0.2, -0.15) is 0 Å². The van der Waals surface area contributed by atoms with E-state index >= 15 is 0 Å². The average Bonchev–Trinajstić information content (AvgIpc) is 3.16. The summed E-state index contributed by atoms with van der Waals surface area (Å²) in [6.07, 6.45) is 1.72. The van der Waals surface area contributed by atoms with Gasteiger partial charge < -0.3 is 15.0 Å². The minimum Gasteiger partial charge on any atom is -0.497 e. The number of carbonyl (C=O) groups excluding carboxylic acids is 2. The zero-order chi connectivity index (χ0) is 22.5. The lowest BCUT2D eigenvalue weighted by molar-refractivity contribution is -0.129. The summed E-state index contributed by atoms with van der Waals surface area (Å²) in [5.41, 5.74) is 5.28. The molecule has 2 aromatic carbocycles. The van der Waals surface area contributed by atoms with Crippen molar-refractivity contribution in [3.8, 4) is 5.75 Å². The van der Waals surface area contributed by atoms with Gasteiger partial charge in [-0.15, -0.1) is 0 Å². The second-order valence-electron chi connectivity index (χ2n) is 8.53. The minimum atomic E-state index is -0.289. The molecule has 4 rings (SSSR count). The fourth-order valence-electron chi connectivity index (χ4n) is 4.74. The smallest absolute Gasteiger partial charge is 0.247 e. The molecule has 2 aliphatic heterocycles. The van der Waals surface area contributed by atoms with Crippen molar-refractivity contribution in [2.75, 3.05) is 38.3 Å². The predicted octanol–water partition coefficient (Wildman–Crippen LogP) is 2.23. The Kier molecular flexibility index (Phi) is 7.07. The van der Waals surface area contributed by atoms with Crippen molar-refractivity contribution in [2.45, 2.75) is 25.8 Å². The molecule has 2 aliphatic rings. The van der Waals surface area contributed by atoms with Gasteiger partial charge in [-0.25, -0.2) is 10.4 Å². The van der Waals surface area contributed by atoms with Gasteiger partial charge in [0, 0.05) is 19.6 Å². The van der Waals surface area contributed by atoms with Crippen molar-refractivity contribution in [2.24, 2.45) is 11.8 Å². The summed E-state index contributed by atoms with van der Waals surface area (Å²) in [6.45, 7) is 4.89. The third-order valence-electron chi connectivity index (χ3n) is 6.33. The summed E-state index contributed by atoms with van der Waals surface area (Å²) >= 11 is 0. The van der Waals surface area contributed by atoms with Gasteiger partial charge in [-0.05, 0) is 49.2 Å². The molecule has 2 saturated heterocycles. The highest BCUT2D eigenvalue weighted by Crippen LogP contribution is 2.32. The quantitative estimate of drug-likeness (QED) is 0.664. The zero-order valence-corrected chi connectivity index (χ0v) is 18.8. The van der Waals surface area contributed by atoms with E-state index in [0.717, 1.165) is 36.4 Å². The number of hydrazine groups is 1. The van der Waals surface area contributed by atoms with Crippen LogP contribution in [0.3, 0.4) is 0 Å². The molecule has 170 valence electrons. The van der Waals surface area contributed by atoms with Gasteiger partial charge in [0.2, 0.25) is 11.8 Å². The minimum absolute atomic E-state index is 0.00101. The number of rotatable bonds is 8. The topological polar surface area (TPSA) is 73.9 Å². The fraction of sp³-hybridized carbons (Fsp3) is 0.440. The number of amides is 2. The van der Waals surface area contributed by atoms with Gasteiger partial charge in [-0.1, -0.05) is 37.3 Å². The molecule has 0 saturated carbocycles. The summed E-state index contributed by atoms with van der Waals surface area (Å²) in [4.78, 5) is 28.7. The molecule has 3 atom stereocenters. The number of nitrogens with one attached hydrogen (secondary N) is 2. The average molecular weight is 437 g/mol. The molecule has 7 heteroatoms. The molecule has 2 amide bonds. The van der Waals surface area contributed by atoms with E-state index in [1.54, 1.807) is 12.1 Å². The molecule has 0 aliphatic carbocycles. The number of fused-ring (bicyclic) bond motifs is 1. The highest BCUT2D eigenvalue weighted by atomic mass is 16.5. The lowest BCUT2D eigenvalue weighted by Gasteiger charge is -2.38. The van der Waals surface area contributed by atoms with E-state index in [1.165, 1.54) is 0 Å². The number of nitrogens with zero attached hydrogens (tertiary/aromatic N) is 2. The molecule has 2 heterocycles. The molecule has 3 unspecified atom stereocenters. The Morgan fingerprint density at radius 2 is 1.97 bits per heavy atom. The van der Waals surface area contributed by atoms with Crippen LogP contribution < -0.4 is 20.5 Å². The van der Waals surface area contributed by atoms with Crippen molar-refractivity contribution in [1.29, 1.82) is 0 Å². The van der Waals surface area contributed by atoms with Crippen molar-refractivity contribution >= 4 is 17.5 Å². The molecule has 0 radical (unpaired) electrons. The normalized spacial score (nSPS) is 23.1. The van der Waals surface area contributed by atoms with E-state index in [9.17, 15) is 9.59 Å². The third kappa shape index (κ3) is 4.79. The second-order valence-corrected chi connectivity index (χ2v) is 8.53. The van der Waals surface area contributed by atoms with Crippen LogP contribution in [0.2, 0.25) is 0 Å². The van der Waals surface area contributed by atoms with Gasteiger partial charge in [0.15, 0.2) is 0 Å². The van der Waals surface area contributed by atoms with E-state index in [4.69, 9.17) is 4.74 Å². The molecule has 32 heavy (non-hydrogen) atoms. The second kappa shape index (κ2) is 10.1. The van der Waals surface area contributed by atoms with Crippen LogP contribution in [0.25, 0.3) is 0 Å². The van der Waals surface area contributed by atoms with Crippen LogP contribution in [-0.4, -0.2) is 56.0 Å². The van der Waals surface area contributed by atoms with E-state index in [1.807, 2.05) is 54.6 Å². The molecule has 0 bridgehead atoms. The Morgan fingerprint density at radius 3 is 2.72 bits per heavy atom. The Bertz CT molecular complexity index is 936. The largest absolute Gasteiger partial charge is 0.497 e. The first-order valence-electron chi connectivity index (χ1n) is 11.4. The van der Waals surface area contributed by atoms with E-state index < -0.39 is 0 Å². The first-order chi connectivity index (χ1) is 15.6. The molecule has 0 aromatic heterocycles. The number of piperidine rings is 1. The van der Waals surface area contributed by atoms with Crippen LogP contribution in [0.1, 0.15) is 18.9 Å². The van der Waals surface area contributed by atoms with Gasteiger partial charge >= 0.3 is 0 Å². The summed E-state index contributed by atoms with van der Waals surface area (Å²) in [6, 6.07) is 17.3. The van der Waals surface area contributed by atoms with Crippen LogP contribution in [0, 0.1) is 11.8 Å². The van der Waals surface area contributed by atoms with Crippen molar-refractivity contribution in [3.63, 3.8) is 0 Å². The van der Waals surface area contributed by atoms with Crippen molar-refractivity contribution < 1.29 is 14.3 Å². The number of carbonyl (C=O) groups is 2. The van der Waals surface area contributed by atoms with Crippen LogP contribution in [0.5, 0.6) is 5.75 Å². The Hall–Kier alpha value is -2.90. The first kappa shape index (κ1) is 22.3. The monoisotopic (exact) mass is 436 g/mol. The number of hydrogen-bond donors (Lipinski definition) is 2. The standard InChI is InChI=1S/C25H32N4O3/c1-3-14-28-16-21(24(30)26-13-12-18-8-7-11-20(15-18)32-2)23-22(17-28)25(31)29(27-23)19-9-5-4-6-10-19/h4-11,15,21-23,27H,3,12-14,16-17H2,1-2H3,(H,26,30). The lowest BCUT2D eigenvalue weighted by Crippen LogP contribution is -2.57. The number of likely N-dealkylation sites (tertiary alicyclic amines) is 1. The highest BCUT2D eigenvalue weighted by Gasteiger charge is 2.50. The van der Waals surface area contributed by atoms with Gasteiger partial charge in [0.25, 0.3) is 0 Å². The summed E-state index contributed by atoms with van der Waals surface area (Å²) in [5, 5.41) is 4.73. The van der Waals surface area contributed by atoms with Crippen LogP contribution >= 0.6 is 0 Å². The van der Waals surface area contributed by atoms with Gasteiger partial charge in [-0.3, -0.25) is 9.59 Å². The molecule has 2 fully saturated rings. The lowest BCUT2D eigenvalue weighted by atomic mass is 9.84. The molecule has 2 N–H and O–H groups in total. The number of ether oxygens (including phenoxy) is 1.